The van der Waals surface area contributed by atoms with Crippen LogP contribution in [0.5, 0.6) is 5.75 Å². The quantitative estimate of drug-likeness (QED) is 0.242. The van der Waals surface area contributed by atoms with Crippen molar-refractivity contribution in [2.24, 2.45) is 23.7 Å². The molecule has 30 heavy (non-hydrogen) atoms. The lowest BCUT2D eigenvalue weighted by Gasteiger charge is -2.32. The molecule has 0 atom stereocenters. The molecule has 3 rings (SSSR count). The maximum atomic E-state index is 14.5. The lowest BCUT2D eigenvalue weighted by atomic mass is 9.78. The molecule has 2 saturated carbocycles. The molecule has 0 aromatic heterocycles. The van der Waals surface area contributed by atoms with Crippen molar-refractivity contribution in [1.29, 1.82) is 0 Å². The number of alkyl halides is 2. The van der Waals surface area contributed by atoms with E-state index in [0.29, 0.717) is 30.9 Å². The summed E-state index contributed by atoms with van der Waals surface area (Å²) in [6, 6.07) is 0.909. The minimum atomic E-state index is -3.55. The maximum Gasteiger partial charge on any atom is 0.400 e. The molecule has 2 aliphatic rings. The van der Waals surface area contributed by atoms with Gasteiger partial charge in [-0.3, -0.25) is 0 Å². The smallest absolute Gasteiger partial charge is 0.400 e. The lowest BCUT2D eigenvalue weighted by molar-refractivity contribution is -0.223. The largest absolute Gasteiger partial charge is 0.432 e. The van der Waals surface area contributed by atoms with Crippen molar-refractivity contribution < 1.29 is 26.7 Å². The molecule has 6 heteroatoms. The topological polar surface area (TPSA) is 9.23 Å². The summed E-state index contributed by atoms with van der Waals surface area (Å²) in [5.41, 5.74) is 0. The molecule has 168 valence electrons. The number of hydrogen-bond acceptors (Lipinski definition) is 1. The van der Waals surface area contributed by atoms with Gasteiger partial charge in [-0.15, -0.1) is 0 Å². The van der Waals surface area contributed by atoms with Crippen molar-refractivity contribution in [3.8, 4) is 5.75 Å². The highest BCUT2D eigenvalue weighted by atomic mass is 19.3. The van der Waals surface area contributed by atoms with Crippen LogP contribution in [0.1, 0.15) is 71.1 Å². The van der Waals surface area contributed by atoms with Gasteiger partial charge in [-0.1, -0.05) is 31.9 Å². The predicted molar refractivity (Wildman–Crippen MR) is 107 cm³/mol. The van der Waals surface area contributed by atoms with Crippen molar-refractivity contribution in [2.75, 3.05) is 0 Å². The molecule has 0 radical (unpaired) electrons. The number of halogens is 5. The van der Waals surface area contributed by atoms with Crippen LogP contribution in [0, 0.1) is 41.1 Å². The number of hydrogen-bond donors (Lipinski definition) is 0. The van der Waals surface area contributed by atoms with Gasteiger partial charge < -0.3 is 4.74 Å². The Morgan fingerprint density at radius 3 is 1.87 bits per heavy atom. The average molecular weight is 431 g/mol. The van der Waals surface area contributed by atoms with Gasteiger partial charge in [0.25, 0.3) is 0 Å². The van der Waals surface area contributed by atoms with E-state index in [9.17, 15) is 22.0 Å². The molecule has 0 unspecified atom stereocenters. The van der Waals surface area contributed by atoms with Crippen LogP contribution >= 0.6 is 0 Å². The molecule has 0 aliphatic heterocycles. The van der Waals surface area contributed by atoms with E-state index in [2.05, 4.69) is 23.8 Å². The highest BCUT2D eigenvalue weighted by Gasteiger charge is 2.44. The molecule has 2 fully saturated rings. The van der Waals surface area contributed by atoms with Crippen LogP contribution < -0.4 is 4.74 Å². The Labute approximate surface area is 175 Å². The van der Waals surface area contributed by atoms with E-state index in [4.69, 9.17) is 0 Å². The second-order valence-corrected chi connectivity index (χ2v) is 8.93. The Morgan fingerprint density at radius 2 is 1.37 bits per heavy atom. The van der Waals surface area contributed by atoms with E-state index in [1.165, 1.54) is 38.5 Å². The van der Waals surface area contributed by atoms with Crippen LogP contribution in [0.2, 0.25) is 0 Å². The Hall–Kier alpha value is -1.59. The Morgan fingerprint density at radius 1 is 0.867 bits per heavy atom. The van der Waals surface area contributed by atoms with E-state index in [1.807, 2.05) is 0 Å². The Kier molecular flexibility index (Phi) is 7.81. The molecule has 0 heterocycles. The van der Waals surface area contributed by atoms with Gasteiger partial charge in [-0.05, 0) is 69.1 Å². The standard InChI is InChI=1S/C24H31F5O/c1-2-3-16-4-6-17(7-5-16)8-9-18-10-12-19(13-11-18)24(28,29)30-20-14-21(25)23(27)22(26)15-20/h8-9,14-19H,2-7,10-13H2,1H3/b9-8+. The first-order valence-electron chi connectivity index (χ1n) is 11.2. The summed E-state index contributed by atoms with van der Waals surface area (Å²) in [5.74, 6) is -4.76. The molecule has 0 bridgehead atoms. The first kappa shape index (κ1) is 23.1. The van der Waals surface area contributed by atoms with Gasteiger partial charge >= 0.3 is 6.11 Å². The van der Waals surface area contributed by atoms with E-state index < -0.39 is 35.2 Å². The van der Waals surface area contributed by atoms with Crippen molar-refractivity contribution in [1.82, 2.24) is 0 Å². The van der Waals surface area contributed by atoms with Crippen molar-refractivity contribution in [2.45, 2.75) is 77.2 Å². The summed E-state index contributed by atoms with van der Waals surface area (Å²) in [6.07, 6.45) is 10.3. The molecule has 2 aliphatic carbocycles. The second-order valence-electron chi connectivity index (χ2n) is 8.93. The van der Waals surface area contributed by atoms with Gasteiger partial charge in [0.1, 0.15) is 5.75 Å². The van der Waals surface area contributed by atoms with E-state index >= 15 is 0 Å². The van der Waals surface area contributed by atoms with Crippen LogP contribution in [-0.2, 0) is 0 Å². The van der Waals surface area contributed by atoms with Crippen molar-refractivity contribution in [3.05, 3.63) is 41.7 Å². The molecule has 0 saturated heterocycles. The molecular weight excluding hydrogens is 399 g/mol. The molecule has 0 amide bonds. The third-order valence-corrected chi connectivity index (χ3v) is 6.70. The normalized spacial score (nSPS) is 28.1. The molecule has 1 nitrogen and oxygen atoms in total. The van der Waals surface area contributed by atoms with Crippen molar-refractivity contribution >= 4 is 0 Å². The fourth-order valence-corrected chi connectivity index (χ4v) is 4.87. The van der Waals surface area contributed by atoms with Gasteiger partial charge in [-0.25, -0.2) is 13.2 Å². The van der Waals surface area contributed by atoms with Crippen LogP contribution in [0.25, 0.3) is 0 Å². The van der Waals surface area contributed by atoms with E-state index in [0.717, 1.165) is 5.92 Å². The zero-order valence-corrected chi connectivity index (χ0v) is 17.5. The number of allylic oxidation sites excluding steroid dienone is 2. The summed E-state index contributed by atoms with van der Waals surface area (Å²) in [5, 5.41) is 0. The SMILES string of the molecule is CCCC1CCC(/C=C/C2CCC(C(F)(F)Oc3cc(F)c(F)c(F)c3)CC2)CC1. The van der Waals surface area contributed by atoms with Gasteiger partial charge in [0.05, 0.1) is 5.92 Å². The monoisotopic (exact) mass is 430 g/mol. The van der Waals surface area contributed by atoms with Crippen molar-refractivity contribution in [3.63, 3.8) is 0 Å². The molecule has 1 aromatic carbocycles. The first-order valence-corrected chi connectivity index (χ1v) is 11.2. The fraction of sp³-hybridized carbons (Fsp3) is 0.667. The maximum absolute atomic E-state index is 14.5. The fourth-order valence-electron chi connectivity index (χ4n) is 4.87. The predicted octanol–water partition coefficient (Wildman–Crippen LogP) is 8.04. The van der Waals surface area contributed by atoms with Gasteiger partial charge in [0.15, 0.2) is 17.5 Å². The Bertz CT molecular complexity index is 693. The second kappa shape index (κ2) is 10.1. The van der Waals surface area contributed by atoms with E-state index in [1.54, 1.807) is 0 Å². The van der Waals surface area contributed by atoms with Gasteiger partial charge in [0, 0.05) is 12.1 Å². The summed E-state index contributed by atoms with van der Waals surface area (Å²) >= 11 is 0. The third kappa shape index (κ3) is 5.98. The van der Waals surface area contributed by atoms with Crippen LogP contribution in [0.3, 0.4) is 0 Å². The molecular formula is C24H31F5O. The minimum absolute atomic E-state index is 0.275. The van der Waals surface area contributed by atoms with Gasteiger partial charge in [0.2, 0.25) is 0 Å². The number of ether oxygens (including phenoxy) is 1. The summed E-state index contributed by atoms with van der Waals surface area (Å²) in [6.45, 7) is 2.23. The summed E-state index contributed by atoms with van der Waals surface area (Å²) in [4.78, 5) is 0. The molecule has 1 aromatic rings. The minimum Gasteiger partial charge on any atom is -0.432 e. The highest BCUT2D eigenvalue weighted by molar-refractivity contribution is 5.25. The zero-order valence-electron chi connectivity index (χ0n) is 17.5. The molecule has 0 spiro atoms. The zero-order chi connectivity index (χ0) is 21.7. The number of rotatable bonds is 7. The van der Waals surface area contributed by atoms with E-state index in [-0.39, 0.29) is 18.8 Å². The number of benzene rings is 1. The summed E-state index contributed by atoms with van der Waals surface area (Å²) < 4.78 is 73.1. The summed E-state index contributed by atoms with van der Waals surface area (Å²) in [7, 11) is 0. The van der Waals surface area contributed by atoms with Gasteiger partial charge in [-0.2, -0.15) is 8.78 Å². The lowest BCUT2D eigenvalue weighted by Crippen LogP contribution is -2.37. The highest BCUT2D eigenvalue weighted by Crippen LogP contribution is 2.41. The third-order valence-electron chi connectivity index (χ3n) is 6.70. The average Bonchev–Trinajstić information content (AvgIpc) is 2.72. The van der Waals surface area contributed by atoms with Crippen LogP contribution in [-0.4, -0.2) is 6.11 Å². The Balaban J connectivity index is 1.47. The first-order chi connectivity index (χ1) is 14.3. The van der Waals surface area contributed by atoms with Crippen LogP contribution in [0.4, 0.5) is 22.0 Å². The molecule has 0 N–H and O–H groups in total. The van der Waals surface area contributed by atoms with Crippen LogP contribution in [0.15, 0.2) is 24.3 Å².